The van der Waals surface area contributed by atoms with Crippen LogP contribution in [0.5, 0.6) is 0 Å². The second kappa shape index (κ2) is 5.22. The number of carbonyl (C=O) groups excluding carboxylic acids is 2. The molecule has 6 heteroatoms. The number of carbonyl (C=O) groups is 2. The second-order valence-corrected chi connectivity index (χ2v) is 4.83. The molecule has 1 heterocycles. The molecular weight excluding hydrogens is 236 g/mol. The summed E-state index contributed by atoms with van der Waals surface area (Å²) in [7, 11) is 1.26. The molecule has 2 N–H and O–H groups in total. The van der Waals surface area contributed by atoms with Gasteiger partial charge in [-0.1, -0.05) is 0 Å². The van der Waals surface area contributed by atoms with Gasteiger partial charge in [-0.05, 0) is 32.4 Å². The van der Waals surface area contributed by atoms with Crippen molar-refractivity contribution < 1.29 is 19.1 Å². The van der Waals surface area contributed by atoms with Gasteiger partial charge in [0.05, 0.1) is 7.11 Å². The maximum absolute atomic E-state index is 11.7. The zero-order chi connectivity index (χ0) is 13.9. The summed E-state index contributed by atoms with van der Waals surface area (Å²) in [5.41, 5.74) is 5.57. The van der Waals surface area contributed by atoms with Gasteiger partial charge in [0.2, 0.25) is 0 Å². The first-order valence-corrected chi connectivity index (χ1v) is 5.49. The van der Waals surface area contributed by atoms with Crippen molar-refractivity contribution in [3.63, 3.8) is 0 Å². The third-order valence-corrected chi connectivity index (χ3v) is 2.13. The van der Waals surface area contributed by atoms with Gasteiger partial charge in [0, 0.05) is 12.4 Å². The Bertz CT molecular complexity index is 445. The number of ether oxygens (including phenoxy) is 2. The van der Waals surface area contributed by atoms with E-state index >= 15 is 0 Å². The molecule has 18 heavy (non-hydrogen) atoms. The second-order valence-electron chi connectivity index (χ2n) is 4.83. The maximum atomic E-state index is 11.7. The van der Waals surface area contributed by atoms with Crippen molar-refractivity contribution in [3.05, 3.63) is 24.0 Å². The SMILES string of the molecule is COC(=O)C(N)c1ccn(C(=O)OC(C)(C)C)c1. The van der Waals surface area contributed by atoms with Crippen molar-refractivity contribution in [3.8, 4) is 0 Å². The minimum absolute atomic E-state index is 0.493. The average molecular weight is 254 g/mol. The zero-order valence-corrected chi connectivity index (χ0v) is 11.0. The van der Waals surface area contributed by atoms with E-state index in [2.05, 4.69) is 4.74 Å². The molecule has 0 aliphatic heterocycles. The Morgan fingerprint density at radius 2 is 2.00 bits per heavy atom. The first kappa shape index (κ1) is 14.2. The lowest BCUT2D eigenvalue weighted by atomic mass is 10.2. The standard InChI is InChI=1S/C12H18N2O4/c1-12(2,3)18-11(16)14-6-5-8(7-14)9(13)10(15)17-4/h5-7,9H,13H2,1-4H3. The molecule has 0 aliphatic carbocycles. The summed E-state index contributed by atoms with van der Waals surface area (Å²) in [4.78, 5) is 23.0. The van der Waals surface area contributed by atoms with Gasteiger partial charge in [-0.3, -0.25) is 9.36 Å². The summed E-state index contributed by atoms with van der Waals surface area (Å²) < 4.78 is 10.9. The zero-order valence-electron chi connectivity index (χ0n) is 11.0. The van der Waals surface area contributed by atoms with Crippen LogP contribution in [-0.4, -0.2) is 29.3 Å². The summed E-state index contributed by atoms with van der Waals surface area (Å²) >= 11 is 0. The van der Waals surface area contributed by atoms with E-state index in [4.69, 9.17) is 10.5 Å². The molecule has 0 saturated heterocycles. The van der Waals surface area contributed by atoms with Crippen LogP contribution in [0.2, 0.25) is 0 Å². The van der Waals surface area contributed by atoms with Crippen molar-refractivity contribution in [2.75, 3.05) is 7.11 Å². The molecule has 0 amide bonds. The number of hydrogen-bond donors (Lipinski definition) is 1. The minimum atomic E-state index is -0.904. The lowest BCUT2D eigenvalue weighted by molar-refractivity contribution is -0.142. The fourth-order valence-electron chi connectivity index (χ4n) is 1.29. The first-order valence-electron chi connectivity index (χ1n) is 5.49. The van der Waals surface area contributed by atoms with E-state index in [0.29, 0.717) is 5.56 Å². The van der Waals surface area contributed by atoms with E-state index in [1.807, 2.05) is 0 Å². The summed E-state index contributed by atoms with van der Waals surface area (Å²) in [6, 6.07) is 0.671. The topological polar surface area (TPSA) is 83.5 Å². The molecule has 0 fully saturated rings. The van der Waals surface area contributed by atoms with Crippen LogP contribution in [0.15, 0.2) is 18.5 Å². The van der Waals surface area contributed by atoms with Crippen molar-refractivity contribution in [1.82, 2.24) is 4.57 Å². The predicted molar refractivity (Wildman–Crippen MR) is 65.0 cm³/mol. The van der Waals surface area contributed by atoms with Crippen LogP contribution in [0.25, 0.3) is 0 Å². The molecular formula is C12H18N2O4. The summed E-state index contributed by atoms with van der Waals surface area (Å²) in [6.45, 7) is 5.32. The van der Waals surface area contributed by atoms with Crippen molar-refractivity contribution in [1.29, 1.82) is 0 Å². The summed E-state index contributed by atoms with van der Waals surface area (Å²) in [5, 5.41) is 0. The molecule has 0 radical (unpaired) electrons. The number of esters is 1. The Balaban J connectivity index is 2.80. The fraction of sp³-hybridized carbons (Fsp3) is 0.500. The number of rotatable bonds is 2. The van der Waals surface area contributed by atoms with Crippen LogP contribution in [0.4, 0.5) is 4.79 Å². The Morgan fingerprint density at radius 1 is 1.39 bits per heavy atom. The van der Waals surface area contributed by atoms with E-state index in [1.54, 1.807) is 26.8 Å². The van der Waals surface area contributed by atoms with Gasteiger partial charge in [-0.25, -0.2) is 4.79 Å². The third-order valence-electron chi connectivity index (χ3n) is 2.13. The smallest absolute Gasteiger partial charge is 0.418 e. The molecule has 100 valence electrons. The Labute approximate surface area is 106 Å². The molecule has 1 rings (SSSR count). The summed E-state index contributed by atoms with van der Waals surface area (Å²) in [5.74, 6) is -0.558. The van der Waals surface area contributed by atoms with Crippen LogP contribution in [0.1, 0.15) is 32.4 Å². The quantitative estimate of drug-likeness (QED) is 0.807. The van der Waals surface area contributed by atoms with Gasteiger partial charge in [0.1, 0.15) is 11.6 Å². The van der Waals surface area contributed by atoms with Crippen LogP contribution < -0.4 is 5.73 Å². The lowest BCUT2D eigenvalue weighted by Crippen LogP contribution is -2.26. The molecule has 0 bridgehead atoms. The molecule has 1 atom stereocenters. The van der Waals surface area contributed by atoms with E-state index in [-0.39, 0.29) is 0 Å². The average Bonchev–Trinajstić information content (AvgIpc) is 2.73. The largest absolute Gasteiger partial charge is 0.468 e. The van der Waals surface area contributed by atoms with Gasteiger partial charge < -0.3 is 15.2 Å². The molecule has 0 aliphatic rings. The minimum Gasteiger partial charge on any atom is -0.468 e. The summed E-state index contributed by atoms with van der Waals surface area (Å²) in [6.07, 6.45) is 2.42. The van der Waals surface area contributed by atoms with Crippen LogP contribution in [0, 0.1) is 0 Å². The monoisotopic (exact) mass is 254 g/mol. The van der Waals surface area contributed by atoms with Crippen LogP contribution >= 0.6 is 0 Å². The molecule has 0 saturated carbocycles. The molecule has 0 spiro atoms. The van der Waals surface area contributed by atoms with Crippen LogP contribution in [0.3, 0.4) is 0 Å². The Hall–Kier alpha value is -1.82. The van der Waals surface area contributed by atoms with Gasteiger partial charge in [0.15, 0.2) is 0 Å². The number of aromatic nitrogens is 1. The molecule has 6 nitrogen and oxygen atoms in total. The van der Waals surface area contributed by atoms with Crippen molar-refractivity contribution in [2.24, 2.45) is 5.73 Å². The molecule has 1 aromatic rings. The lowest BCUT2D eigenvalue weighted by Gasteiger charge is -2.19. The van der Waals surface area contributed by atoms with Crippen LogP contribution in [-0.2, 0) is 14.3 Å². The van der Waals surface area contributed by atoms with E-state index in [9.17, 15) is 9.59 Å². The van der Waals surface area contributed by atoms with Gasteiger partial charge >= 0.3 is 12.1 Å². The first-order chi connectivity index (χ1) is 8.24. The van der Waals surface area contributed by atoms with Gasteiger partial charge in [-0.15, -0.1) is 0 Å². The van der Waals surface area contributed by atoms with Crippen molar-refractivity contribution in [2.45, 2.75) is 32.4 Å². The highest BCUT2D eigenvalue weighted by Crippen LogP contribution is 2.14. The number of hydrogen-bond acceptors (Lipinski definition) is 5. The normalized spacial score (nSPS) is 12.9. The molecule has 1 unspecified atom stereocenters. The maximum Gasteiger partial charge on any atom is 0.418 e. The fourth-order valence-corrected chi connectivity index (χ4v) is 1.29. The number of methoxy groups -OCH3 is 1. The molecule has 0 aromatic carbocycles. The Morgan fingerprint density at radius 3 is 2.50 bits per heavy atom. The van der Waals surface area contributed by atoms with Crippen molar-refractivity contribution >= 4 is 12.1 Å². The molecule has 1 aromatic heterocycles. The highest BCUT2D eigenvalue weighted by molar-refractivity contribution is 5.78. The predicted octanol–water partition coefficient (Wildman–Crippen LogP) is 1.44. The highest BCUT2D eigenvalue weighted by atomic mass is 16.6. The van der Waals surface area contributed by atoms with E-state index < -0.39 is 23.7 Å². The van der Waals surface area contributed by atoms with E-state index in [0.717, 1.165) is 0 Å². The third kappa shape index (κ3) is 3.59. The van der Waals surface area contributed by atoms with Gasteiger partial charge in [-0.2, -0.15) is 0 Å². The highest BCUT2D eigenvalue weighted by Gasteiger charge is 2.21. The van der Waals surface area contributed by atoms with Gasteiger partial charge in [0.25, 0.3) is 0 Å². The van der Waals surface area contributed by atoms with E-state index in [1.165, 1.54) is 24.1 Å². The Kier molecular flexibility index (Phi) is 4.13. The number of nitrogens with zero attached hydrogens (tertiary/aromatic N) is 1. The number of nitrogens with two attached hydrogens (primary N) is 1.